The number of benzene rings is 1. The van der Waals surface area contributed by atoms with Crippen molar-refractivity contribution >= 4 is 5.97 Å². The van der Waals surface area contributed by atoms with Crippen molar-refractivity contribution in [3.63, 3.8) is 0 Å². The molecule has 2 rings (SSSR count). The molecule has 1 saturated carbocycles. The van der Waals surface area contributed by atoms with Crippen molar-refractivity contribution in [2.24, 2.45) is 0 Å². The summed E-state index contributed by atoms with van der Waals surface area (Å²) in [4.78, 5) is 10.9. The van der Waals surface area contributed by atoms with Crippen LogP contribution in [0.25, 0.3) is 0 Å². The Labute approximate surface area is 96.3 Å². The maximum absolute atomic E-state index is 10.9. The van der Waals surface area contributed by atoms with Gasteiger partial charge < -0.3 is 5.11 Å². The Kier molecular flexibility index (Phi) is 2.75. The van der Waals surface area contributed by atoms with E-state index < -0.39 is 5.97 Å². The van der Waals surface area contributed by atoms with E-state index in [1.54, 1.807) is 0 Å². The van der Waals surface area contributed by atoms with E-state index in [1.165, 1.54) is 16.7 Å². The SMILES string of the molecule is Cc1ccc(C2(CC(=O)O)CCC2)cc1C. The molecule has 0 bridgehead atoms. The van der Waals surface area contributed by atoms with Crippen molar-refractivity contribution < 1.29 is 9.90 Å². The topological polar surface area (TPSA) is 37.3 Å². The first kappa shape index (κ1) is 11.2. The van der Waals surface area contributed by atoms with E-state index in [9.17, 15) is 4.79 Å². The highest BCUT2D eigenvalue weighted by Gasteiger charge is 2.40. The Hall–Kier alpha value is -1.31. The van der Waals surface area contributed by atoms with Gasteiger partial charge in [0.1, 0.15) is 0 Å². The van der Waals surface area contributed by atoms with E-state index in [4.69, 9.17) is 5.11 Å². The number of carbonyl (C=O) groups is 1. The monoisotopic (exact) mass is 218 g/mol. The van der Waals surface area contributed by atoms with Crippen LogP contribution in [0.3, 0.4) is 0 Å². The van der Waals surface area contributed by atoms with Crippen molar-refractivity contribution in [2.75, 3.05) is 0 Å². The van der Waals surface area contributed by atoms with Gasteiger partial charge in [-0.15, -0.1) is 0 Å². The normalized spacial score (nSPS) is 17.9. The van der Waals surface area contributed by atoms with Crippen LogP contribution in [-0.4, -0.2) is 11.1 Å². The molecule has 2 heteroatoms. The minimum Gasteiger partial charge on any atom is -0.481 e. The molecule has 0 radical (unpaired) electrons. The lowest BCUT2D eigenvalue weighted by Crippen LogP contribution is -2.36. The van der Waals surface area contributed by atoms with Gasteiger partial charge in [0.25, 0.3) is 0 Å². The number of rotatable bonds is 3. The number of hydrogen-bond donors (Lipinski definition) is 1. The minimum absolute atomic E-state index is 0.0791. The van der Waals surface area contributed by atoms with Crippen molar-refractivity contribution in [3.05, 3.63) is 34.9 Å². The van der Waals surface area contributed by atoms with Gasteiger partial charge in [-0.1, -0.05) is 24.6 Å². The fraction of sp³-hybridized carbons (Fsp3) is 0.500. The lowest BCUT2D eigenvalue weighted by Gasteiger charge is -2.41. The van der Waals surface area contributed by atoms with Gasteiger partial charge in [0, 0.05) is 5.41 Å². The smallest absolute Gasteiger partial charge is 0.304 e. The van der Waals surface area contributed by atoms with Gasteiger partial charge in [0.05, 0.1) is 6.42 Å². The van der Waals surface area contributed by atoms with Crippen LogP contribution in [0.4, 0.5) is 0 Å². The average molecular weight is 218 g/mol. The van der Waals surface area contributed by atoms with Crippen LogP contribution in [-0.2, 0) is 10.2 Å². The molecule has 0 atom stereocenters. The molecule has 0 amide bonds. The summed E-state index contributed by atoms with van der Waals surface area (Å²) in [5, 5.41) is 9.00. The quantitative estimate of drug-likeness (QED) is 0.845. The lowest BCUT2D eigenvalue weighted by molar-refractivity contribution is -0.139. The zero-order valence-electron chi connectivity index (χ0n) is 9.92. The average Bonchev–Trinajstić information content (AvgIpc) is 2.16. The van der Waals surface area contributed by atoms with E-state index in [2.05, 4.69) is 32.0 Å². The van der Waals surface area contributed by atoms with E-state index in [0.29, 0.717) is 0 Å². The molecule has 1 N–H and O–H groups in total. The zero-order valence-corrected chi connectivity index (χ0v) is 9.92. The summed E-state index contributed by atoms with van der Waals surface area (Å²) in [6.07, 6.45) is 3.46. The summed E-state index contributed by atoms with van der Waals surface area (Å²) >= 11 is 0. The third-order valence-corrected chi connectivity index (χ3v) is 3.92. The van der Waals surface area contributed by atoms with Gasteiger partial charge in [-0.05, 0) is 43.4 Å². The van der Waals surface area contributed by atoms with Gasteiger partial charge in [0.2, 0.25) is 0 Å². The molecular weight excluding hydrogens is 200 g/mol. The second-order valence-corrected chi connectivity index (χ2v) is 5.00. The molecule has 0 spiro atoms. The molecule has 1 aromatic carbocycles. The fourth-order valence-corrected chi connectivity index (χ4v) is 2.53. The predicted molar refractivity (Wildman–Crippen MR) is 63.7 cm³/mol. The molecule has 86 valence electrons. The largest absolute Gasteiger partial charge is 0.481 e. The van der Waals surface area contributed by atoms with Gasteiger partial charge in [-0.2, -0.15) is 0 Å². The van der Waals surface area contributed by atoms with Crippen molar-refractivity contribution in [2.45, 2.75) is 44.9 Å². The third kappa shape index (κ3) is 1.84. The first-order valence-corrected chi connectivity index (χ1v) is 5.83. The Balaban J connectivity index is 2.33. The van der Waals surface area contributed by atoms with Gasteiger partial charge in [-0.3, -0.25) is 4.79 Å². The summed E-state index contributed by atoms with van der Waals surface area (Å²) in [7, 11) is 0. The van der Waals surface area contributed by atoms with E-state index >= 15 is 0 Å². The van der Waals surface area contributed by atoms with Crippen LogP contribution < -0.4 is 0 Å². The van der Waals surface area contributed by atoms with Gasteiger partial charge in [-0.25, -0.2) is 0 Å². The molecular formula is C14H18O2. The number of aryl methyl sites for hydroxylation is 2. The van der Waals surface area contributed by atoms with Crippen LogP contribution in [0.1, 0.15) is 42.4 Å². The van der Waals surface area contributed by atoms with Crippen molar-refractivity contribution in [1.82, 2.24) is 0 Å². The highest BCUT2D eigenvalue weighted by atomic mass is 16.4. The first-order chi connectivity index (χ1) is 7.53. The molecule has 16 heavy (non-hydrogen) atoms. The zero-order chi connectivity index (χ0) is 11.8. The molecule has 0 heterocycles. The van der Waals surface area contributed by atoms with Crippen LogP contribution in [0.15, 0.2) is 18.2 Å². The molecule has 0 aliphatic heterocycles. The summed E-state index contributed by atoms with van der Waals surface area (Å²) in [6.45, 7) is 4.18. The molecule has 0 aromatic heterocycles. The lowest BCUT2D eigenvalue weighted by atomic mass is 9.62. The molecule has 0 saturated heterocycles. The number of hydrogen-bond acceptors (Lipinski definition) is 1. The fourth-order valence-electron chi connectivity index (χ4n) is 2.53. The van der Waals surface area contributed by atoms with Crippen LogP contribution in [0, 0.1) is 13.8 Å². The van der Waals surface area contributed by atoms with Crippen LogP contribution in [0.2, 0.25) is 0 Å². The molecule has 0 unspecified atom stereocenters. The summed E-state index contributed by atoms with van der Waals surface area (Å²) < 4.78 is 0. The van der Waals surface area contributed by atoms with E-state index in [0.717, 1.165) is 19.3 Å². The van der Waals surface area contributed by atoms with Gasteiger partial charge >= 0.3 is 5.97 Å². The number of carboxylic acid groups (broad SMARTS) is 1. The molecule has 1 fully saturated rings. The van der Waals surface area contributed by atoms with Crippen molar-refractivity contribution in [3.8, 4) is 0 Å². The first-order valence-electron chi connectivity index (χ1n) is 5.83. The molecule has 1 aliphatic carbocycles. The summed E-state index contributed by atoms with van der Waals surface area (Å²) in [5.41, 5.74) is 3.66. The predicted octanol–water partition coefficient (Wildman–Crippen LogP) is 3.20. The minimum atomic E-state index is -0.682. The Morgan fingerprint density at radius 2 is 2.00 bits per heavy atom. The molecule has 2 nitrogen and oxygen atoms in total. The number of aliphatic carboxylic acids is 1. The maximum Gasteiger partial charge on any atom is 0.304 e. The standard InChI is InChI=1S/C14H18O2/c1-10-4-5-12(8-11(10)2)14(6-3-7-14)9-13(15)16/h4-5,8H,3,6-7,9H2,1-2H3,(H,15,16). The van der Waals surface area contributed by atoms with Crippen molar-refractivity contribution in [1.29, 1.82) is 0 Å². The maximum atomic E-state index is 10.9. The Morgan fingerprint density at radius 1 is 1.31 bits per heavy atom. The van der Waals surface area contributed by atoms with E-state index in [1.807, 2.05) is 0 Å². The van der Waals surface area contributed by atoms with Crippen LogP contribution >= 0.6 is 0 Å². The summed E-state index contributed by atoms with van der Waals surface area (Å²) in [6, 6.07) is 6.37. The second-order valence-electron chi connectivity index (χ2n) is 5.00. The summed E-state index contributed by atoms with van der Waals surface area (Å²) in [5.74, 6) is -0.682. The van der Waals surface area contributed by atoms with Crippen LogP contribution in [0.5, 0.6) is 0 Å². The Morgan fingerprint density at radius 3 is 2.44 bits per heavy atom. The van der Waals surface area contributed by atoms with Gasteiger partial charge in [0.15, 0.2) is 0 Å². The van der Waals surface area contributed by atoms with E-state index in [-0.39, 0.29) is 11.8 Å². The second kappa shape index (κ2) is 3.93. The number of carboxylic acids is 1. The molecule has 1 aliphatic rings. The third-order valence-electron chi connectivity index (χ3n) is 3.92. The highest BCUT2D eigenvalue weighted by molar-refractivity contribution is 5.69. The molecule has 1 aromatic rings. The Bertz CT molecular complexity index is 417. The highest BCUT2D eigenvalue weighted by Crippen LogP contribution is 2.46.